The Labute approximate surface area is 159 Å². The summed E-state index contributed by atoms with van der Waals surface area (Å²) in [5.41, 5.74) is 2.87. The van der Waals surface area contributed by atoms with Gasteiger partial charge in [-0.05, 0) is 42.0 Å². The molecule has 3 aromatic rings. The molecule has 1 atom stereocenters. The molecule has 2 aromatic carbocycles. The molecule has 0 saturated carbocycles. The summed E-state index contributed by atoms with van der Waals surface area (Å²) >= 11 is 0. The van der Waals surface area contributed by atoms with E-state index >= 15 is 0 Å². The number of hydrogen-bond acceptors (Lipinski definition) is 4. The van der Waals surface area contributed by atoms with Gasteiger partial charge in [0.05, 0.1) is 5.69 Å². The van der Waals surface area contributed by atoms with Gasteiger partial charge in [0.1, 0.15) is 17.6 Å². The lowest BCUT2D eigenvalue weighted by molar-refractivity contribution is 0.0941. The summed E-state index contributed by atoms with van der Waals surface area (Å²) < 4.78 is 14.6. The summed E-state index contributed by atoms with van der Waals surface area (Å²) in [5.74, 6) is -1.04. The van der Waals surface area contributed by atoms with Crippen molar-refractivity contribution in [3.05, 3.63) is 77.2 Å². The van der Waals surface area contributed by atoms with E-state index in [9.17, 15) is 14.0 Å². The maximum Gasteiger partial charge on any atom is 0.295 e. The maximum absolute atomic E-state index is 13.1. The zero-order chi connectivity index (χ0) is 19.7. The lowest BCUT2D eigenvalue weighted by atomic mass is 9.99. The monoisotopic (exact) mass is 377 g/mol. The smallest absolute Gasteiger partial charge is 0.295 e. The summed E-state index contributed by atoms with van der Waals surface area (Å²) in [7, 11) is 1.66. The predicted octanol–water partition coefficient (Wildman–Crippen LogP) is 3.30. The zero-order valence-electron chi connectivity index (χ0n) is 15.0. The van der Waals surface area contributed by atoms with Crippen LogP contribution in [-0.4, -0.2) is 28.1 Å². The molecule has 0 spiro atoms. The number of nitrogens with zero attached hydrogens (tertiary/aromatic N) is 4. The number of carbonyl (C=O) groups excluding carboxylic acids is 2. The van der Waals surface area contributed by atoms with Crippen LogP contribution in [0.25, 0.3) is 11.3 Å². The van der Waals surface area contributed by atoms with Crippen LogP contribution in [0.4, 0.5) is 4.39 Å². The fourth-order valence-electron chi connectivity index (χ4n) is 3.09. The van der Waals surface area contributed by atoms with Crippen molar-refractivity contribution >= 4 is 11.8 Å². The van der Waals surface area contributed by atoms with E-state index in [0.717, 1.165) is 5.56 Å². The average Bonchev–Trinajstić information content (AvgIpc) is 3.10. The van der Waals surface area contributed by atoms with Gasteiger partial charge < -0.3 is 5.32 Å². The molecule has 0 aliphatic carbocycles. The minimum atomic E-state index is -0.428. The summed E-state index contributed by atoms with van der Waals surface area (Å²) in [5, 5.41) is 14.8. The second kappa shape index (κ2) is 7.15. The number of carbonyl (C=O) groups is 2. The van der Waals surface area contributed by atoms with Crippen LogP contribution in [0.5, 0.6) is 0 Å². The lowest BCUT2D eigenvalue weighted by Gasteiger charge is -2.18. The van der Waals surface area contributed by atoms with Crippen LogP contribution in [0.1, 0.15) is 32.5 Å². The van der Waals surface area contributed by atoms with Gasteiger partial charge >= 0.3 is 0 Å². The first-order valence-corrected chi connectivity index (χ1v) is 8.65. The minimum Gasteiger partial charge on any atom is -0.348 e. The van der Waals surface area contributed by atoms with Gasteiger partial charge in [-0.2, -0.15) is 10.2 Å². The highest BCUT2D eigenvalue weighted by molar-refractivity contribution is 5.97. The molecule has 1 N–H and O–H groups in total. The molecular formula is C20H16FN5O2. The Kier molecular flexibility index (Phi) is 4.52. The topological polar surface area (TPSA) is 88.7 Å². The van der Waals surface area contributed by atoms with Crippen LogP contribution in [0.3, 0.4) is 0 Å². The fourth-order valence-corrected chi connectivity index (χ4v) is 3.09. The molecule has 140 valence electrons. The highest BCUT2D eigenvalue weighted by Crippen LogP contribution is 2.26. The van der Waals surface area contributed by atoms with Gasteiger partial charge in [0.25, 0.3) is 11.8 Å². The number of nitrogens with one attached hydrogen (secondary N) is 1. The average molecular weight is 377 g/mol. The third-order valence-electron chi connectivity index (χ3n) is 4.55. The molecule has 2 heterocycles. The van der Waals surface area contributed by atoms with Crippen LogP contribution >= 0.6 is 0 Å². The number of halogens is 1. The summed E-state index contributed by atoms with van der Waals surface area (Å²) in [4.78, 5) is 24.4. The number of azo groups is 1. The van der Waals surface area contributed by atoms with Gasteiger partial charge in [-0.25, -0.2) is 4.39 Å². The number of aryl methyl sites for hydroxylation is 1. The number of amides is 2. The first-order valence-electron chi connectivity index (χ1n) is 8.65. The maximum atomic E-state index is 13.1. The summed E-state index contributed by atoms with van der Waals surface area (Å²) in [6, 6.07) is 14.2. The second-order valence-corrected chi connectivity index (χ2v) is 6.38. The number of rotatable bonds is 4. The van der Waals surface area contributed by atoms with Crippen LogP contribution in [0.2, 0.25) is 0 Å². The van der Waals surface area contributed by atoms with E-state index in [1.54, 1.807) is 43.4 Å². The standard InChI is InChI=1S/C20H16FN5O2/c1-26-18(10-16(25-26)12-6-8-13(21)9-7-12)20(28)22-11-17-14-4-2-3-5-15(14)19(27)24-23-17/h2-10,17H,11H2,1H3,(H,22,28). The number of benzene rings is 2. The number of fused-ring (bicyclic) bond motifs is 1. The molecule has 28 heavy (non-hydrogen) atoms. The molecule has 2 amide bonds. The van der Waals surface area contributed by atoms with E-state index in [1.807, 2.05) is 6.07 Å². The van der Waals surface area contributed by atoms with Crippen LogP contribution in [-0.2, 0) is 7.05 Å². The van der Waals surface area contributed by atoms with Gasteiger partial charge in [-0.15, -0.1) is 5.11 Å². The molecule has 1 aliphatic heterocycles. The lowest BCUT2D eigenvalue weighted by Crippen LogP contribution is -2.30. The van der Waals surface area contributed by atoms with Crippen molar-refractivity contribution in [1.82, 2.24) is 15.1 Å². The van der Waals surface area contributed by atoms with E-state index in [0.29, 0.717) is 22.5 Å². The van der Waals surface area contributed by atoms with E-state index in [2.05, 4.69) is 20.6 Å². The van der Waals surface area contributed by atoms with E-state index < -0.39 is 6.04 Å². The number of hydrogen-bond donors (Lipinski definition) is 1. The van der Waals surface area contributed by atoms with Crippen molar-refractivity contribution in [2.75, 3.05) is 6.54 Å². The van der Waals surface area contributed by atoms with Crippen LogP contribution < -0.4 is 5.32 Å². The van der Waals surface area contributed by atoms with Crippen molar-refractivity contribution in [1.29, 1.82) is 0 Å². The quantitative estimate of drug-likeness (QED) is 0.756. The summed E-state index contributed by atoms with van der Waals surface area (Å²) in [6.45, 7) is 0.198. The van der Waals surface area contributed by atoms with Gasteiger partial charge in [0.15, 0.2) is 0 Å². The molecule has 0 fully saturated rings. The fraction of sp³-hybridized carbons (Fsp3) is 0.150. The Balaban J connectivity index is 1.50. The predicted molar refractivity (Wildman–Crippen MR) is 99.3 cm³/mol. The Morgan fingerprint density at radius 2 is 1.93 bits per heavy atom. The Morgan fingerprint density at radius 1 is 1.18 bits per heavy atom. The van der Waals surface area contributed by atoms with Gasteiger partial charge in [0, 0.05) is 24.7 Å². The van der Waals surface area contributed by atoms with Gasteiger partial charge in [0.2, 0.25) is 0 Å². The normalized spacial score (nSPS) is 15.4. The van der Waals surface area contributed by atoms with Crippen molar-refractivity contribution < 1.29 is 14.0 Å². The SMILES string of the molecule is Cn1nc(-c2ccc(F)cc2)cc1C(=O)NCC1N=NC(=O)c2ccccc21. The first kappa shape index (κ1) is 17.7. The third-order valence-corrected chi connectivity index (χ3v) is 4.55. The van der Waals surface area contributed by atoms with Crippen molar-refractivity contribution in [2.24, 2.45) is 17.3 Å². The molecule has 7 nitrogen and oxygen atoms in total. The van der Waals surface area contributed by atoms with Gasteiger partial charge in [-0.1, -0.05) is 18.2 Å². The Bertz CT molecular complexity index is 1090. The molecular weight excluding hydrogens is 361 g/mol. The van der Waals surface area contributed by atoms with Crippen LogP contribution in [0.15, 0.2) is 64.8 Å². The summed E-state index contributed by atoms with van der Waals surface area (Å²) in [6.07, 6.45) is 0. The molecule has 8 heteroatoms. The zero-order valence-corrected chi connectivity index (χ0v) is 15.0. The second-order valence-electron chi connectivity index (χ2n) is 6.38. The number of aromatic nitrogens is 2. The molecule has 4 rings (SSSR count). The highest BCUT2D eigenvalue weighted by atomic mass is 19.1. The molecule has 0 bridgehead atoms. The highest BCUT2D eigenvalue weighted by Gasteiger charge is 2.24. The van der Waals surface area contributed by atoms with Crippen LogP contribution in [0, 0.1) is 5.82 Å². The van der Waals surface area contributed by atoms with Crippen molar-refractivity contribution in [3.63, 3.8) is 0 Å². The Morgan fingerprint density at radius 3 is 2.71 bits per heavy atom. The van der Waals surface area contributed by atoms with E-state index in [-0.39, 0.29) is 24.2 Å². The largest absolute Gasteiger partial charge is 0.348 e. The van der Waals surface area contributed by atoms with E-state index in [4.69, 9.17) is 0 Å². The third kappa shape index (κ3) is 3.32. The minimum absolute atomic E-state index is 0.198. The van der Waals surface area contributed by atoms with E-state index in [1.165, 1.54) is 16.8 Å². The van der Waals surface area contributed by atoms with Crippen molar-refractivity contribution in [2.45, 2.75) is 6.04 Å². The molecule has 1 aliphatic rings. The van der Waals surface area contributed by atoms with Crippen molar-refractivity contribution in [3.8, 4) is 11.3 Å². The van der Waals surface area contributed by atoms with Gasteiger partial charge in [-0.3, -0.25) is 14.3 Å². The molecule has 0 saturated heterocycles. The molecule has 1 aromatic heterocycles. The molecule has 1 unspecified atom stereocenters. The first-order chi connectivity index (χ1) is 13.5. The molecule has 0 radical (unpaired) electrons. The Hall–Kier alpha value is -3.68.